The second-order valence-corrected chi connectivity index (χ2v) is 6.52. The molecule has 6 heteroatoms. The predicted molar refractivity (Wildman–Crippen MR) is 90.2 cm³/mol. The lowest BCUT2D eigenvalue weighted by molar-refractivity contribution is 0.0922. The molecule has 2 unspecified atom stereocenters. The van der Waals surface area contributed by atoms with Gasteiger partial charge in [-0.25, -0.2) is 4.98 Å². The van der Waals surface area contributed by atoms with Gasteiger partial charge < -0.3 is 11.1 Å². The molecule has 4 nitrogen and oxygen atoms in total. The Morgan fingerprint density at radius 3 is 3.05 bits per heavy atom. The van der Waals surface area contributed by atoms with Crippen LogP contribution in [0.25, 0.3) is 0 Å². The van der Waals surface area contributed by atoms with Crippen LogP contribution < -0.4 is 11.1 Å². The Hall–Kier alpha value is -0.650. The number of aromatic nitrogens is 1. The molecular formula is C15H26ClN3OS. The zero-order valence-corrected chi connectivity index (χ0v) is 14.3. The van der Waals surface area contributed by atoms with Gasteiger partial charge in [0, 0.05) is 17.8 Å². The number of thiazole rings is 1. The summed E-state index contributed by atoms with van der Waals surface area (Å²) in [6, 6.07) is 0.341. The van der Waals surface area contributed by atoms with E-state index in [0.717, 1.165) is 17.8 Å². The van der Waals surface area contributed by atoms with Gasteiger partial charge in [0.15, 0.2) is 0 Å². The van der Waals surface area contributed by atoms with Crippen LogP contribution >= 0.6 is 23.7 Å². The Balaban J connectivity index is 0.00000220. The van der Waals surface area contributed by atoms with Gasteiger partial charge in [0.2, 0.25) is 0 Å². The first-order chi connectivity index (χ1) is 9.74. The van der Waals surface area contributed by atoms with Crippen molar-refractivity contribution in [2.45, 2.75) is 57.9 Å². The minimum Gasteiger partial charge on any atom is -0.348 e. The van der Waals surface area contributed by atoms with Crippen LogP contribution in [-0.2, 0) is 6.42 Å². The van der Waals surface area contributed by atoms with Crippen molar-refractivity contribution < 1.29 is 4.79 Å². The number of amides is 1. The van der Waals surface area contributed by atoms with E-state index >= 15 is 0 Å². The third-order valence-corrected chi connectivity index (χ3v) is 4.96. The van der Waals surface area contributed by atoms with E-state index in [4.69, 9.17) is 5.73 Å². The monoisotopic (exact) mass is 331 g/mol. The number of hydrogen-bond donors (Lipinski definition) is 2. The molecule has 120 valence electrons. The minimum absolute atomic E-state index is 0. The summed E-state index contributed by atoms with van der Waals surface area (Å²) in [5.41, 5.74) is 6.06. The number of halogens is 1. The Kier molecular flexibility index (Phi) is 8.22. The first-order valence-corrected chi connectivity index (χ1v) is 8.58. The fourth-order valence-corrected chi connectivity index (χ4v) is 3.73. The van der Waals surface area contributed by atoms with Crippen LogP contribution in [0, 0.1) is 5.92 Å². The molecule has 2 rings (SSSR count). The lowest BCUT2D eigenvalue weighted by Crippen LogP contribution is -2.37. The molecule has 1 aromatic rings. The molecule has 1 heterocycles. The number of unbranched alkanes of at least 4 members (excludes halogenated alkanes) is 1. The topological polar surface area (TPSA) is 68.0 Å². The van der Waals surface area contributed by atoms with E-state index in [9.17, 15) is 4.79 Å². The second-order valence-electron chi connectivity index (χ2n) is 5.58. The zero-order chi connectivity index (χ0) is 14.4. The maximum absolute atomic E-state index is 12.2. The number of rotatable bonds is 7. The molecule has 1 aromatic heterocycles. The van der Waals surface area contributed by atoms with E-state index in [0.29, 0.717) is 24.2 Å². The van der Waals surface area contributed by atoms with Gasteiger partial charge in [-0.1, -0.05) is 26.2 Å². The van der Waals surface area contributed by atoms with E-state index < -0.39 is 0 Å². The molecule has 1 amide bonds. The van der Waals surface area contributed by atoms with Crippen LogP contribution in [0.5, 0.6) is 0 Å². The summed E-state index contributed by atoms with van der Waals surface area (Å²) in [5, 5.41) is 5.98. The van der Waals surface area contributed by atoms with Crippen LogP contribution in [0.4, 0.5) is 0 Å². The third-order valence-electron chi connectivity index (χ3n) is 4.05. The Morgan fingerprint density at radius 2 is 2.33 bits per heavy atom. The predicted octanol–water partition coefficient (Wildman–Crippen LogP) is 3.15. The molecule has 0 aromatic carbocycles. The SMILES string of the molecule is CCCCC1CCCC1NC(=O)c1csc(CCN)n1.Cl. The lowest BCUT2D eigenvalue weighted by atomic mass is 9.97. The van der Waals surface area contributed by atoms with Gasteiger partial charge in [0.05, 0.1) is 5.01 Å². The summed E-state index contributed by atoms with van der Waals surface area (Å²) in [7, 11) is 0. The summed E-state index contributed by atoms with van der Waals surface area (Å²) in [4.78, 5) is 16.6. The molecule has 1 fully saturated rings. The van der Waals surface area contributed by atoms with Crippen molar-refractivity contribution >= 4 is 29.7 Å². The van der Waals surface area contributed by atoms with E-state index in [-0.39, 0.29) is 18.3 Å². The summed E-state index contributed by atoms with van der Waals surface area (Å²) in [5.74, 6) is 0.638. The van der Waals surface area contributed by atoms with Gasteiger partial charge in [-0.05, 0) is 31.7 Å². The zero-order valence-electron chi connectivity index (χ0n) is 12.6. The molecule has 21 heavy (non-hydrogen) atoms. The van der Waals surface area contributed by atoms with Crippen molar-refractivity contribution in [2.75, 3.05) is 6.54 Å². The summed E-state index contributed by atoms with van der Waals surface area (Å²) >= 11 is 1.52. The fourth-order valence-electron chi connectivity index (χ4n) is 2.93. The average Bonchev–Trinajstić information content (AvgIpc) is 3.06. The molecule has 0 radical (unpaired) electrons. The molecule has 1 aliphatic rings. The third kappa shape index (κ3) is 5.24. The van der Waals surface area contributed by atoms with Crippen molar-refractivity contribution in [2.24, 2.45) is 11.7 Å². The van der Waals surface area contributed by atoms with Crippen LogP contribution in [-0.4, -0.2) is 23.5 Å². The maximum atomic E-state index is 12.2. The quantitative estimate of drug-likeness (QED) is 0.806. The molecule has 0 aliphatic heterocycles. The standard InChI is InChI=1S/C15H25N3OS.ClH/c1-2-3-5-11-6-4-7-12(11)18-15(19)13-10-20-14(17-13)8-9-16;/h10-12H,2-9,16H2,1H3,(H,18,19);1H. The second kappa shape index (κ2) is 9.38. The molecule has 3 N–H and O–H groups in total. The smallest absolute Gasteiger partial charge is 0.270 e. The number of carbonyl (C=O) groups is 1. The summed E-state index contributed by atoms with van der Waals surface area (Å²) in [6.07, 6.45) is 8.06. The van der Waals surface area contributed by atoms with E-state index in [1.807, 2.05) is 5.38 Å². The molecule has 2 atom stereocenters. The highest BCUT2D eigenvalue weighted by Gasteiger charge is 2.28. The molecular weight excluding hydrogens is 306 g/mol. The fraction of sp³-hybridized carbons (Fsp3) is 0.733. The Bertz CT molecular complexity index is 438. The number of nitrogens with zero attached hydrogens (tertiary/aromatic N) is 1. The number of hydrogen-bond acceptors (Lipinski definition) is 4. The lowest BCUT2D eigenvalue weighted by Gasteiger charge is -2.20. The largest absolute Gasteiger partial charge is 0.348 e. The van der Waals surface area contributed by atoms with Crippen LogP contribution in [0.1, 0.15) is 60.9 Å². The van der Waals surface area contributed by atoms with Gasteiger partial charge in [0.25, 0.3) is 5.91 Å². The van der Waals surface area contributed by atoms with Crippen molar-refractivity contribution in [3.05, 3.63) is 16.1 Å². The maximum Gasteiger partial charge on any atom is 0.270 e. The van der Waals surface area contributed by atoms with Crippen molar-refractivity contribution in [3.63, 3.8) is 0 Å². The molecule has 0 saturated heterocycles. The Morgan fingerprint density at radius 1 is 1.52 bits per heavy atom. The van der Waals surface area contributed by atoms with Gasteiger partial charge in [0.1, 0.15) is 5.69 Å². The van der Waals surface area contributed by atoms with Gasteiger partial charge in [-0.3, -0.25) is 4.79 Å². The van der Waals surface area contributed by atoms with E-state index in [1.54, 1.807) is 0 Å². The van der Waals surface area contributed by atoms with Crippen LogP contribution in [0.3, 0.4) is 0 Å². The first kappa shape index (κ1) is 18.4. The number of carbonyl (C=O) groups excluding carboxylic acids is 1. The van der Waals surface area contributed by atoms with Crippen molar-refractivity contribution in [3.8, 4) is 0 Å². The molecule has 1 aliphatic carbocycles. The highest BCUT2D eigenvalue weighted by Crippen LogP contribution is 2.30. The van der Waals surface area contributed by atoms with E-state index in [1.165, 1.54) is 43.4 Å². The number of nitrogens with two attached hydrogens (primary N) is 1. The summed E-state index contributed by atoms with van der Waals surface area (Å²) in [6.45, 7) is 2.80. The van der Waals surface area contributed by atoms with Gasteiger partial charge in [-0.15, -0.1) is 23.7 Å². The normalized spacial score (nSPS) is 21.0. The Labute approximate surface area is 137 Å². The highest BCUT2D eigenvalue weighted by atomic mass is 35.5. The highest BCUT2D eigenvalue weighted by molar-refractivity contribution is 7.09. The van der Waals surface area contributed by atoms with Crippen LogP contribution in [0.15, 0.2) is 5.38 Å². The van der Waals surface area contributed by atoms with Crippen LogP contribution in [0.2, 0.25) is 0 Å². The first-order valence-electron chi connectivity index (χ1n) is 7.70. The number of nitrogens with one attached hydrogen (secondary N) is 1. The van der Waals surface area contributed by atoms with Crippen molar-refractivity contribution in [1.82, 2.24) is 10.3 Å². The molecule has 0 bridgehead atoms. The van der Waals surface area contributed by atoms with Gasteiger partial charge in [-0.2, -0.15) is 0 Å². The van der Waals surface area contributed by atoms with Gasteiger partial charge >= 0.3 is 0 Å². The molecule has 1 saturated carbocycles. The van der Waals surface area contributed by atoms with E-state index in [2.05, 4.69) is 17.2 Å². The summed E-state index contributed by atoms with van der Waals surface area (Å²) < 4.78 is 0. The minimum atomic E-state index is -0.0158. The molecule has 0 spiro atoms. The average molecular weight is 332 g/mol. The van der Waals surface area contributed by atoms with Crippen molar-refractivity contribution in [1.29, 1.82) is 0 Å².